The molecule has 0 aliphatic carbocycles. The Morgan fingerprint density at radius 1 is 1.23 bits per heavy atom. The van der Waals surface area contributed by atoms with E-state index in [0.717, 1.165) is 45.2 Å². The molecule has 0 radical (unpaired) electrons. The highest BCUT2D eigenvalue weighted by molar-refractivity contribution is 4.98. The van der Waals surface area contributed by atoms with E-state index in [0.29, 0.717) is 0 Å². The van der Waals surface area contributed by atoms with Gasteiger partial charge in [-0.25, -0.2) is 0 Å². The zero-order valence-corrected chi connectivity index (χ0v) is 8.29. The third-order valence-electron chi connectivity index (χ3n) is 3.68. The molecule has 2 aliphatic heterocycles. The second-order valence-corrected chi connectivity index (χ2v) is 4.40. The van der Waals surface area contributed by atoms with Gasteiger partial charge in [-0.1, -0.05) is 0 Å². The number of hydrogen-bond donors (Lipinski definition) is 1. The van der Waals surface area contributed by atoms with E-state index >= 15 is 0 Å². The van der Waals surface area contributed by atoms with Gasteiger partial charge in [0.1, 0.15) is 0 Å². The fourth-order valence-corrected chi connectivity index (χ4v) is 2.48. The van der Waals surface area contributed by atoms with Gasteiger partial charge in [0.25, 0.3) is 0 Å². The van der Waals surface area contributed by atoms with Crippen molar-refractivity contribution in [2.45, 2.75) is 25.8 Å². The summed E-state index contributed by atoms with van der Waals surface area (Å²) >= 11 is 0. The molecule has 3 heteroatoms. The van der Waals surface area contributed by atoms with Gasteiger partial charge in [-0.15, -0.1) is 0 Å². The molecule has 0 spiro atoms. The maximum atomic E-state index is 6.04. The molecule has 0 amide bonds. The molecular formula is C10H19NO2. The van der Waals surface area contributed by atoms with E-state index in [4.69, 9.17) is 15.2 Å². The number of rotatable bonds is 2. The molecule has 13 heavy (non-hydrogen) atoms. The minimum atomic E-state index is 0.254. The van der Waals surface area contributed by atoms with Gasteiger partial charge in [0.15, 0.2) is 0 Å². The lowest BCUT2D eigenvalue weighted by Crippen LogP contribution is -2.59. The first-order valence-electron chi connectivity index (χ1n) is 5.17. The number of hydrogen-bond acceptors (Lipinski definition) is 3. The fraction of sp³-hybridized carbons (Fsp3) is 1.00. The minimum absolute atomic E-state index is 0.254. The first-order chi connectivity index (χ1) is 6.26. The van der Waals surface area contributed by atoms with Crippen LogP contribution in [0.4, 0.5) is 0 Å². The van der Waals surface area contributed by atoms with Crippen molar-refractivity contribution in [3.05, 3.63) is 0 Å². The molecule has 2 aliphatic rings. The van der Waals surface area contributed by atoms with Crippen molar-refractivity contribution in [2.24, 2.45) is 17.1 Å². The van der Waals surface area contributed by atoms with Crippen LogP contribution in [-0.4, -0.2) is 32.5 Å². The molecule has 2 saturated heterocycles. The maximum Gasteiger partial charge on any atom is 0.0562 e. The van der Waals surface area contributed by atoms with E-state index in [1.165, 1.54) is 0 Å². The van der Waals surface area contributed by atoms with Crippen LogP contribution in [0.15, 0.2) is 0 Å². The Labute approximate surface area is 79.6 Å². The largest absolute Gasteiger partial charge is 0.381 e. The van der Waals surface area contributed by atoms with Gasteiger partial charge in [0.2, 0.25) is 0 Å². The molecule has 1 unspecified atom stereocenters. The Morgan fingerprint density at radius 2 is 1.85 bits per heavy atom. The molecule has 0 bridgehead atoms. The SMILES string of the molecule is CC(N)C1(C2CCOCC2)COC1. The average Bonchev–Trinajstić information content (AvgIpc) is 2.03. The molecule has 76 valence electrons. The van der Waals surface area contributed by atoms with Crippen molar-refractivity contribution < 1.29 is 9.47 Å². The highest BCUT2D eigenvalue weighted by Crippen LogP contribution is 2.43. The lowest BCUT2D eigenvalue weighted by Gasteiger charge is -2.51. The topological polar surface area (TPSA) is 44.5 Å². The van der Waals surface area contributed by atoms with Crippen LogP contribution in [-0.2, 0) is 9.47 Å². The summed E-state index contributed by atoms with van der Waals surface area (Å²) in [6, 6.07) is 0.254. The second-order valence-electron chi connectivity index (χ2n) is 4.40. The summed E-state index contributed by atoms with van der Waals surface area (Å²) in [6.45, 7) is 5.63. The highest BCUT2D eigenvalue weighted by atomic mass is 16.5. The van der Waals surface area contributed by atoms with E-state index in [1.54, 1.807) is 0 Å². The van der Waals surface area contributed by atoms with Crippen molar-refractivity contribution in [3.63, 3.8) is 0 Å². The van der Waals surface area contributed by atoms with E-state index < -0.39 is 0 Å². The summed E-state index contributed by atoms with van der Waals surface area (Å²) in [6.07, 6.45) is 2.32. The van der Waals surface area contributed by atoms with Crippen LogP contribution in [0.1, 0.15) is 19.8 Å². The normalized spacial score (nSPS) is 30.9. The molecule has 2 rings (SSSR count). The van der Waals surface area contributed by atoms with Gasteiger partial charge >= 0.3 is 0 Å². The van der Waals surface area contributed by atoms with Gasteiger partial charge < -0.3 is 15.2 Å². The fourth-order valence-electron chi connectivity index (χ4n) is 2.48. The molecule has 1 atom stereocenters. The van der Waals surface area contributed by atoms with Crippen LogP contribution in [0, 0.1) is 11.3 Å². The van der Waals surface area contributed by atoms with E-state index in [9.17, 15) is 0 Å². The summed E-state index contributed by atoms with van der Waals surface area (Å²) in [5.41, 5.74) is 6.31. The molecule has 0 aromatic carbocycles. The van der Waals surface area contributed by atoms with Gasteiger partial charge in [-0.05, 0) is 25.7 Å². The van der Waals surface area contributed by atoms with Gasteiger partial charge in [0.05, 0.1) is 13.2 Å². The second kappa shape index (κ2) is 3.56. The Balaban J connectivity index is 2.02. The van der Waals surface area contributed by atoms with E-state index in [2.05, 4.69) is 6.92 Å². The van der Waals surface area contributed by atoms with Crippen LogP contribution < -0.4 is 5.73 Å². The van der Waals surface area contributed by atoms with Crippen LogP contribution in [0.2, 0.25) is 0 Å². The van der Waals surface area contributed by atoms with Gasteiger partial charge in [-0.3, -0.25) is 0 Å². The zero-order chi connectivity index (χ0) is 9.31. The van der Waals surface area contributed by atoms with Gasteiger partial charge in [0, 0.05) is 24.7 Å². The molecule has 0 aromatic rings. The molecule has 2 fully saturated rings. The standard InChI is InChI=1S/C10H19NO2/c1-8(11)10(6-13-7-10)9-2-4-12-5-3-9/h8-9H,2-7,11H2,1H3. The third-order valence-corrected chi connectivity index (χ3v) is 3.68. The first kappa shape index (κ1) is 9.44. The Kier molecular flexibility index (Phi) is 2.58. The van der Waals surface area contributed by atoms with Crippen LogP contribution in [0.3, 0.4) is 0 Å². The monoisotopic (exact) mass is 185 g/mol. The van der Waals surface area contributed by atoms with E-state index in [1.807, 2.05) is 0 Å². The van der Waals surface area contributed by atoms with E-state index in [-0.39, 0.29) is 11.5 Å². The highest BCUT2D eigenvalue weighted by Gasteiger charge is 2.48. The van der Waals surface area contributed by atoms with Crippen LogP contribution >= 0.6 is 0 Å². The average molecular weight is 185 g/mol. The van der Waals surface area contributed by atoms with Crippen LogP contribution in [0.25, 0.3) is 0 Å². The van der Waals surface area contributed by atoms with Crippen molar-refractivity contribution in [1.29, 1.82) is 0 Å². The predicted octanol–water partition coefficient (Wildman–Crippen LogP) is 0.777. The lowest BCUT2D eigenvalue weighted by molar-refractivity contribution is -0.172. The van der Waals surface area contributed by atoms with Crippen molar-refractivity contribution in [3.8, 4) is 0 Å². The Bertz CT molecular complexity index is 172. The molecule has 3 nitrogen and oxygen atoms in total. The van der Waals surface area contributed by atoms with Crippen molar-refractivity contribution >= 4 is 0 Å². The summed E-state index contributed by atoms with van der Waals surface area (Å²) in [7, 11) is 0. The quantitative estimate of drug-likeness (QED) is 0.691. The minimum Gasteiger partial charge on any atom is -0.381 e. The number of ether oxygens (including phenoxy) is 2. The molecule has 2 N–H and O–H groups in total. The lowest BCUT2D eigenvalue weighted by atomic mass is 9.66. The predicted molar refractivity (Wildman–Crippen MR) is 50.4 cm³/mol. The maximum absolute atomic E-state index is 6.04. The smallest absolute Gasteiger partial charge is 0.0562 e. The summed E-state index contributed by atoms with van der Waals surface area (Å²) in [5, 5.41) is 0. The third kappa shape index (κ3) is 1.49. The summed E-state index contributed by atoms with van der Waals surface area (Å²) in [4.78, 5) is 0. The summed E-state index contributed by atoms with van der Waals surface area (Å²) < 4.78 is 10.7. The number of nitrogens with two attached hydrogens (primary N) is 1. The molecule has 2 heterocycles. The molecule has 0 saturated carbocycles. The molecular weight excluding hydrogens is 166 g/mol. The zero-order valence-electron chi connectivity index (χ0n) is 8.29. The Morgan fingerprint density at radius 3 is 2.23 bits per heavy atom. The first-order valence-corrected chi connectivity index (χ1v) is 5.17. The van der Waals surface area contributed by atoms with Crippen molar-refractivity contribution in [1.82, 2.24) is 0 Å². The molecule has 0 aromatic heterocycles. The Hall–Kier alpha value is -0.120. The summed E-state index contributed by atoms with van der Waals surface area (Å²) in [5.74, 6) is 0.718. The van der Waals surface area contributed by atoms with Crippen LogP contribution in [0.5, 0.6) is 0 Å². The van der Waals surface area contributed by atoms with Gasteiger partial charge in [-0.2, -0.15) is 0 Å². The van der Waals surface area contributed by atoms with Crippen molar-refractivity contribution in [2.75, 3.05) is 26.4 Å².